The van der Waals surface area contributed by atoms with Crippen LogP contribution in [0.15, 0.2) is 30.3 Å². The molecule has 1 atom stereocenters. The number of rotatable bonds is 4. The van der Waals surface area contributed by atoms with Crippen molar-refractivity contribution in [3.8, 4) is 0 Å². The molecule has 0 heterocycles. The third kappa shape index (κ3) is 4.93. The predicted molar refractivity (Wildman–Crippen MR) is 64.1 cm³/mol. The molecule has 0 radical (unpaired) electrons. The zero-order chi connectivity index (χ0) is 12.2. The SMILES string of the molecule is CN(Cc1ccccc1)C(CN)C(F)(F)F.Cl. The highest BCUT2D eigenvalue weighted by Crippen LogP contribution is 2.24. The van der Waals surface area contributed by atoms with Crippen molar-refractivity contribution in [3.63, 3.8) is 0 Å². The Balaban J connectivity index is 0.00000256. The van der Waals surface area contributed by atoms with Crippen molar-refractivity contribution in [2.24, 2.45) is 5.73 Å². The number of nitrogens with two attached hydrogens (primary N) is 1. The van der Waals surface area contributed by atoms with Crippen molar-refractivity contribution < 1.29 is 13.2 Å². The fourth-order valence-electron chi connectivity index (χ4n) is 1.55. The van der Waals surface area contributed by atoms with E-state index in [4.69, 9.17) is 5.73 Å². The second kappa shape index (κ2) is 6.83. The molecule has 0 fully saturated rings. The molecule has 0 saturated heterocycles. The lowest BCUT2D eigenvalue weighted by Gasteiger charge is -2.28. The fourth-order valence-corrected chi connectivity index (χ4v) is 1.55. The van der Waals surface area contributed by atoms with Crippen LogP contribution in [0.25, 0.3) is 0 Å². The molecule has 1 rings (SSSR count). The second-order valence-corrected chi connectivity index (χ2v) is 3.69. The summed E-state index contributed by atoms with van der Waals surface area (Å²) in [6.45, 7) is -0.185. The van der Waals surface area contributed by atoms with Crippen molar-refractivity contribution in [2.75, 3.05) is 13.6 Å². The Labute approximate surface area is 105 Å². The molecule has 2 nitrogen and oxygen atoms in total. The van der Waals surface area contributed by atoms with E-state index in [2.05, 4.69) is 0 Å². The maximum Gasteiger partial charge on any atom is 0.405 e. The molecule has 1 aromatic rings. The molecule has 0 aliphatic carbocycles. The molecule has 0 aliphatic heterocycles. The lowest BCUT2D eigenvalue weighted by atomic mass is 10.2. The van der Waals surface area contributed by atoms with Crippen LogP contribution in [0, 0.1) is 0 Å². The largest absolute Gasteiger partial charge is 0.405 e. The molecule has 0 amide bonds. The molecular weight excluding hydrogens is 253 g/mol. The monoisotopic (exact) mass is 268 g/mol. The van der Waals surface area contributed by atoms with Gasteiger partial charge in [-0.1, -0.05) is 30.3 Å². The van der Waals surface area contributed by atoms with E-state index in [1.54, 1.807) is 24.3 Å². The van der Waals surface area contributed by atoms with Crippen molar-refractivity contribution >= 4 is 12.4 Å². The lowest BCUT2D eigenvalue weighted by Crippen LogP contribution is -2.48. The van der Waals surface area contributed by atoms with Crippen molar-refractivity contribution in [3.05, 3.63) is 35.9 Å². The summed E-state index contributed by atoms with van der Waals surface area (Å²) in [7, 11) is 1.43. The van der Waals surface area contributed by atoms with Gasteiger partial charge in [0.2, 0.25) is 0 Å². The second-order valence-electron chi connectivity index (χ2n) is 3.69. The topological polar surface area (TPSA) is 29.3 Å². The first-order valence-electron chi connectivity index (χ1n) is 4.96. The predicted octanol–water partition coefficient (Wildman–Crippen LogP) is 2.43. The van der Waals surface area contributed by atoms with E-state index in [9.17, 15) is 13.2 Å². The van der Waals surface area contributed by atoms with Gasteiger partial charge in [0, 0.05) is 13.1 Å². The molecule has 6 heteroatoms. The van der Waals surface area contributed by atoms with Gasteiger partial charge in [0.05, 0.1) is 0 Å². The van der Waals surface area contributed by atoms with Gasteiger partial charge < -0.3 is 5.73 Å². The van der Waals surface area contributed by atoms with Crippen LogP contribution in [0.2, 0.25) is 0 Å². The van der Waals surface area contributed by atoms with Gasteiger partial charge >= 0.3 is 6.18 Å². The summed E-state index contributed by atoms with van der Waals surface area (Å²) in [4.78, 5) is 1.22. The van der Waals surface area contributed by atoms with Crippen LogP contribution in [0.4, 0.5) is 13.2 Å². The minimum absolute atomic E-state index is 0. The zero-order valence-electron chi connectivity index (χ0n) is 9.45. The van der Waals surface area contributed by atoms with Crippen LogP contribution in [-0.2, 0) is 6.54 Å². The molecule has 0 bridgehead atoms. The average Bonchev–Trinajstić information content (AvgIpc) is 2.17. The molecule has 0 aliphatic rings. The maximum absolute atomic E-state index is 12.6. The Hall–Kier alpha value is -0.780. The lowest BCUT2D eigenvalue weighted by molar-refractivity contribution is -0.178. The van der Waals surface area contributed by atoms with Gasteiger partial charge in [-0.3, -0.25) is 4.90 Å². The molecule has 0 spiro atoms. The summed E-state index contributed by atoms with van der Waals surface area (Å²) in [5.74, 6) is 0. The van der Waals surface area contributed by atoms with Crippen LogP contribution >= 0.6 is 12.4 Å². The number of halogens is 4. The number of nitrogens with zero attached hydrogens (tertiary/aromatic N) is 1. The third-order valence-electron chi connectivity index (χ3n) is 2.41. The van der Waals surface area contributed by atoms with E-state index in [1.807, 2.05) is 6.07 Å². The Morgan fingerprint density at radius 1 is 1.24 bits per heavy atom. The van der Waals surface area contributed by atoms with E-state index >= 15 is 0 Å². The highest BCUT2D eigenvalue weighted by Gasteiger charge is 2.41. The summed E-state index contributed by atoms with van der Waals surface area (Å²) < 4.78 is 37.7. The first-order valence-corrected chi connectivity index (χ1v) is 4.96. The van der Waals surface area contributed by atoms with Crippen LogP contribution in [0.3, 0.4) is 0 Å². The molecule has 0 aromatic heterocycles. The van der Waals surface area contributed by atoms with Crippen LogP contribution in [0.5, 0.6) is 0 Å². The minimum Gasteiger partial charge on any atom is -0.329 e. The third-order valence-corrected chi connectivity index (χ3v) is 2.41. The maximum atomic E-state index is 12.6. The van der Waals surface area contributed by atoms with Gasteiger partial charge in [-0.05, 0) is 12.6 Å². The Morgan fingerprint density at radius 2 is 1.76 bits per heavy atom. The van der Waals surface area contributed by atoms with Crippen molar-refractivity contribution in [2.45, 2.75) is 18.8 Å². The molecule has 1 aromatic carbocycles. The first kappa shape index (κ1) is 16.2. The van der Waals surface area contributed by atoms with Crippen LogP contribution in [0.1, 0.15) is 5.56 Å². The Bertz CT molecular complexity index is 316. The molecule has 0 saturated carbocycles. The van der Waals surface area contributed by atoms with Gasteiger partial charge in [0.1, 0.15) is 6.04 Å². The van der Waals surface area contributed by atoms with E-state index < -0.39 is 18.8 Å². The average molecular weight is 269 g/mol. The molecule has 98 valence electrons. The van der Waals surface area contributed by atoms with Crippen molar-refractivity contribution in [1.82, 2.24) is 4.90 Å². The first-order chi connectivity index (χ1) is 7.45. The Morgan fingerprint density at radius 3 is 2.18 bits per heavy atom. The molecular formula is C11H16ClF3N2. The van der Waals surface area contributed by atoms with Gasteiger partial charge in [-0.15, -0.1) is 12.4 Å². The molecule has 2 N–H and O–H groups in total. The zero-order valence-corrected chi connectivity index (χ0v) is 10.3. The number of alkyl halides is 3. The van der Waals surface area contributed by atoms with Crippen molar-refractivity contribution in [1.29, 1.82) is 0 Å². The minimum atomic E-state index is -4.28. The van der Waals surface area contributed by atoms with Crippen LogP contribution < -0.4 is 5.73 Å². The highest BCUT2D eigenvalue weighted by atomic mass is 35.5. The summed E-state index contributed by atoms with van der Waals surface area (Å²) >= 11 is 0. The van der Waals surface area contributed by atoms with E-state index in [1.165, 1.54) is 11.9 Å². The number of likely N-dealkylation sites (N-methyl/N-ethyl adjacent to an activating group) is 1. The number of hydrogen-bond acceptors (Lipinski definition) is 2. The van der Waals surface area contributed by atoms with Gasteiger partial charge in [-0.25, -0.2) is 0 Å². The van der Waals surface area contributed by atoms with E-state index in [0.29, 0.717) is 0 Å². The van der Waals surface area contributed by atoms with E-state index in [-0.39, 0.29) is 19.0 Å². The fraction of sp³-hybridized carbons (Fsp3) is 0.455. The highest BCUT2D eigenvalue weighted by molar-refractivity contribution is 5.85. The summed E-state index contributed by atoms with van der Waals surface area (Å²) in [6, 6.07) is 7.42. The van der Waals surface area contributed by atoms with Crippen LogP contribution in [-0.4, -0.2) is 30.7 Å². The van der Waals surface area contributed by atoms with E-state index in [0.717, 1.165) is 5.56 Å². The number of hydrogen-bond donors (Lipinski definition) is 1. The smallest absolute Gasteiger partial charge is 0.329 e. The Kier molecular flexibility index (Phi) is 6.52. The summed E-state index contributed by atoms with van der Waals surface area (Å²) in [5.41, 5.74) is 5.99. The summed E-state index contributed by atoms with van der Waals surface area (Å²) in [5, 5.41) is 0. The van der Waals surface area contributed by atoms with Gasteiger partial charge in [0.15, 0.2) is 0 Å². The van der Waals surface area contributed by atoms with Gasteiger partial charge in [0.25, 0.3) is 0 Å². The number of benzene rings is 1. The molecule has 17 heavy (non-hydrogen) atoms. The normalized spacial score (nSPS) is 13.3. The van der Waals surface area contributed by atoms with Gasteiger partial charge in [-0.2, -0.15) is 13.2 Å². The molecule has 1 unspecified atom stereocenters. The standard InChI is InChI=1S/C11H15F3N2.ClH/c1-16(10(7-15)11(12,13)14)8-9-5-3-2-4-6-9;/h2-6,10H,7-8,15H2,1H3;1H. The quantitative estimate of drug-likeness (QED) is 0.909. The summed E-state index contributed by atoms with van der Waals surface area (Å²) in [6.07, 6.45) is -4.28.